The van der Waals surface area contributed by atoms with Gasteiger partial charge in [-0.05, 0) is 71.6 Å². The molecule has 2 aliphatic heterocycles. The van der Waals surface area contributed by atoms with E-state index in [-0.39, 0.29) is 60.7 Å². The zero-order valence-electron chi connectivity index (χ0n) is 29.7. The molecule has 3 amide bonds. The van der Waals surface area contributed by atoms with Gasteiger partial charge >= 0.3 is 6.09 Å². The summed E-state index contributed by atoms with van der Waals surface area (Å²) < 4.78 is 24.2. The zero-order chi connectivity index (χ0) is 35.9. The van der Waals surface area contributed by atoms with E-state index < -0.39 is 47.9 Å². The van der Waals surface area contributed by atoms with Gasteiger partial charge in [0.25, 0.3) is 0 Å². The molecule has 0 aromatic heterocycles. The van der Waals surface area contributed by atoms with E-state index in [1.165, 1.54) is 5.57 Å². The summed E-state index contributed by atoms with van der Waals surface area (Å²) in [7, 11) is 1.66. The third-order valence-corrected chi connectivity index (χ3v) is 10.3. The van der Waals surface area contributed by atoms with Gasteiger partial charge < -0.3 is 40.6 Å². The van der Waals surface area contributed by atoms with Crippen LogP contribution in [0, 0.1) is 11.8 Å². The summed E-state index contributed by atoms with van der Waals surface area (Å²) in [5.41, 5.74) is 11.3. The Labute approximate surface area is 288 Å². The average Bonchev–Trinajstić information content (AvgIpc) is 3.98. The fourth-order valence-corrected chi connectivity index (χ4v) is 7.36. The van der Waals surface area contributed by atoms with Crippen molar-refractivity contribution < 1.29 is 42.9 Å². The lowest BCUT2D eigenvalue weighted by molar-refractivity contribution is -0.138. The van der Waals surface area contributed by atoms with E-state index in [0.29, 0.717) is 38.7 Å². The van der Waals surface area contributed by atoms with Crippen molar-refractivity contribution in [2.24, 2.45) is 17.6 Å². The van der Waals surface area contributed by atoms with Gasteiger partial charge in [-0.3, -0.25) is 19.2 Å². The van der Waals surface area contributed by atoms with E-state index in [2.05, 4.69) is 53.6 Å². The number of hydrogen-bond acceptors (Lipinski definition) is 12. The maximum absolute atomic E-state index is 13.1. The highest BCUT2D eigenvalue weighted by Gasteiger charge is 2.72. The second-order valence-corrected chi connectivity index (χ2v) is 14.6. The van der Waals surface area contributed by atoms with Crippen molar-refractivity contribution >= 4 is 29.5 Å². The van der Waals surface area contributed by atoms with Crippen LogP contribution in [0.25, 0.3) is 0 Å². The number of ketones is 2. The number of epoxide rings is 2. The number of carbonyl (C=O) groups excluding carboxylic acids is 5. The van der Waals surface area contributed by atoms with Crippen LogP contribution in [-0.2, 0) is 38.1 Å². The molecule has 0 aromatic rings. The Bertz CT molecular complexity index is 1240. The van der Waals surface area contributed by atoms with Crippen molar-refractivity contribution in [1.29, 1.82) is 0 Å². The Hall–Kier alpha value is -2.95. The molecule has 1 spiro atoms. The molecule has 276 valence electrons. The van der Waals surface area contributed by atoms with Gasteiger partial charge in [0, 0.05) is 19.2 Å². The normalized spacial score (nSPS) is 32.5. The number of allylic oxidation sites excluding steroid dienone is 1. The monoisotopic (exact) mass is 692 g/mol. The second kappa shape index (κ2) is 16.8. The van der Waals surface area contributed by atoms with Crippen LogP contribution in [0.1, 0.15) is 79.6 Å². The van der Waals surface area contributed by atoms with Crippen LogP contribution in [0.3, 0.4) is 0 Å². The maximum Gasteiger partial charge on any atom is 0.407 e. The molecule has 2 saturated carbocycles. The number of rotatable bonds is 17. The molecule has 7 N–H and O–H groups in total. The van der Waals surface area contributed by atoms with Crippen LogP contribution in [0.5, 0.6) is 0 Å². The summed E-state index contributed by atoms with van der Waals surface area (Å²) >= 11 is 0. The number of hydrogen-bond donors (Lipinski definition) is 6. The molecule has 4 rings (SSSR count). The molecular weight excluding hydrogens is 636 g/mol. The van der Waals surface area contributed by atoms with E-state index in [1.54, 1.807) is 21.0 Å². The van der Waals surface area contributed by atoms with Crippen LogP contribution in [0.4, 0.5) is 4.79 Å². The first-order chi connectivity index (χ1) is 23.2. The van der Waals surface area contributed by atoms with Crippen LogP contribution in [-0.4, -0.2) is 110 Å². The topological polar surface area (TPSA) is 215 Å². The number of methoxy groups -OCH3 is 1. The van der Waals surface area contributed by atoms with Gasteiger partial charge in [-0.25, -0.2) is 15.6 Å². The number of nitrogens with one attached hydrogen (secondary N) is 5. The van der Waals surface area contributed by atoms with E-state index in [4.69, 9.17) is 24.7 Å². The summed E-state index contributed by atoms with van der Waals surface area (Å²) in [4.78, 5) is 61.8. The summed E-state index contributed by atoms with van der Waals surface area (Å²) in [5, 5.41) is 8.29. The number of nitrogens with two attached hydrogens (primary N) is 1. The molecule has 2 heterocycles. The van der Waals surface area contributed by atoms with Gasteiger partial charge in [0.1, 0.15) is 23.4 Å². The molecule has 0 bridgehead atoms. The van der Waals surface area contributed by atoms with Crippen LogP contribution >= 0.6 is 0 Å². The largest absolute Gasteiger partial charge is 0.443 e. The van der Waals surface area contributed by atoms with Crippen molar-refractivity contribution in [3.8, 4) is 0 Å². The molecule has 0 radical (unpaired) electrons. The van der Waals surface area contributed by atoms with Crippen LogP contribution in [0.2, 0.25) is 0 Å². The van der Waals surface area contributed by atoms with Crippen molar-refractivity contribution in [3.63, 3.8) is 0 Å². The third-order valence-electron chi connectivity index (χ3n) is 10.3. The third kappa shape index (κ3) is 10.1. The number of alkyl carbamates (subject to hydrolysis) is 1. The van der Waals surface area contributed by atoms with Crippen molar-refractivity contribution in [1.82, 2.24) is 26.8 Å². The van der Waals surface area contributed by atoms with Crippen molar-refractivity contribution in [2.45, 2.75) is 127 Å². The molecule has 4 aliphatic rings. The molecular formula is C34H56N6O9. The quantitative estimate of drug-likeness (QED) is 0.0534. The number of ether oxygens (including phenoxy) is 4. The molecule has 15 nitrogen and oxygen atoms in total. The zero-order valence-corrected chi connectivity index (χ0v) is 29.7. The first-order valence-electron chi connectivity index (χ1n) is 17.5. The Morgan fingerprint density at radius 1 is 0.980 bits per heavy atom. The molecule has 7 atom stereocenters. The van der Waals surface area contributed by atoms with Gasteiger partial charge in [-0.15, -0.1) is 0 Å². The first kappa shape index (κ1) is 38.8. The van der Waals surface area contributed by atoms with Gasteiger partial charge in [-0.1, -0.05) is 25.5 Å². The van der Waals surface area contributed by atoms with Crippen molar-refractivity contribution in [2.75, 3.05) is 33.4 Å². The molecule has 15 heteroatoms. The fourth-order valence-electron chi connectivity index (χ4n) is 7.36. The van der Waals surface area contributed by atoms with E-state index in [1.807, 2.05) is 0 Å². The number of carbonyl (C=O) groups is 5. The van der Waals surface area contributed by atoms with Crippen LogP contribution in [0.15, 0.2) is 11.6 Å². The predicted molar refractivity (Wildman–Crippen MR) is 179 cm³/mol. The number of amides is 3. The molecule has 2 aliphatic carbocycles. The number of Topliss-reactive ketones (excluding diaryl/α,β-unsaturated/α-hetero) is 2. The Morgan fingerprint density at radius 3 is 2.20 bits per heavy atom. The fraction of sp³-hybridized carbons (Fsp3) is 0.794. The highest BCUT2D eigenvalue weighted by atomic mass is 16.6. The van der Waals surface area contributed by atoms with Crippen molar-refractivity contribution in [3.05, 3.63) is 11.6 Å². The molecule has 2 saturated heterocycles. The van der Waals surface area contributed by atoms with Gasteiger partial charge in [0.15, 0.2) is 0 Å². The Morgan fingerprint density at radius 2 is 1.63 bits per heavy atom. The van der Waals surface area contributed by atoms with Gasteiger partial charge in [0.2, 0.25) is 23.4 Å². The SMILES string of the molecule is COC1C(OC(=O)N[C@H]2CC[C@H](NC(=O)CNN[C@H](C(=O)C(=O)CNC(=O)CN)C(C)C)CC2)CC[C@]2(CO2)C1C1(C)O[C@@H]1CC=C(C)C. The van der Waals surface area contributed by atoms with E-state index >= 15 is 0 Å². The van der Waals surface area contributed by atoms with Crippen LogP contribution < -0.4 is 32.5 Å². The minimum atomic E-state index is -0.882. The molecule has 0 aromatic carbocycles. The molecule has 49 heavy (non-hydrogen) atoms. The predicted octanol–water partition coefficient (Wildman–Crippen LogP) is 0.548. The smallest absolute Gasteiger partial charge is 0.407 e. The van der Waals surface area contributed by atoms with E-state index in [0.717, 1.165) is 12.8 Å². The Balaban J connectivity index is 1.17. The molecule has 4 fully saturated rings. The standard InChI is InChI=1S/C34H56N6O9/c1-19(2)7-12-25-33(5,49-25)31-30(46-6)24(13-14-34(31)18-47-34)48-32(45)39-22-10-8-21(9-11-22)38-27(43)17-37-40-28(20(3)4)29(44)23(41)16-36-26(42)15-35/h7,20-22,24-25,28,30-31,37,40H,8-18,35H2,1-6H3,(H,36,42)(H,38,43)(H,39,45)/t21-,22-,24?,25-,28+,30?,31?,33?,34+/m1/s1. The van der Waals surface area contributed by atoms with E-state index in [9.17, 15) is 24.0 Å². The summed E-state index contributed by atoms with van der Waals surface area (Å²) in [6, 6.07) is -1.03. The lowest BCUT2D eigenvalue weighted by Crippen LogP contribution is -2.56. The first-order valence-corrected chi connectivity index (χ1v) is 17.5. The maximum atomic E-state index is 13.1. The highest BCUT2D eigenvalue weighted by Crippen LogP contribution is 2.59. The minimum absolute atomic E-state index is 0.0502. The lowest BCUT2D eigenvalue weighted by Gasteiger charge is -2.42. The molecule has 4 unspecified atom stereocenters. The second-order valence-electron chi connectivity index (χ2n) is 14.6. The lowest BCUT2D eigenvalue weighted by atomic mass is 9.68. The summed E-state index contributed by atoms with van der Waals surface area (Å²) in [6.07, 6.45) is 5.96. The number of hydrazine groups is 1. The summed E-state index contributed by atoms with van der Waals surface area (Å²) in [6.45, 7) is 9.61. The highest BCUT2D eigenvalue weighted by molar-refractivity contribution is 6.40. The minimum Gasteiger partial charge on any atom is -0.443 e. The van der Waals surface area contributed by atoms with Gasteiger partial charge in [0.05, 0.1) is 44.3 Å². The average molecular weight is 693 g/mol. The Kier molecular flexibility index (Phi) is 13.3. The summed E-state index contributed by atoms with van der Waals surface area (Å²) in [5.74, 6) is -2.58. The van der Waals surface area contributed by atoms with Gasteiger partial charge in [-0.2, -0.15) is 0 Å².